The standard InChI is InChI=1S/C19H24O6/c1-10(2)17(21)25-14-9-19(5,23)15(20)7-6-11(3)8-13-16(14)12(4)18(22)24-13/h8,13-14,16,23H,1,4,6-7,9H2,2-3,5H3/b11-8-/t13-,14-,16+,19-/m1/s1. The molecule has 2 aliphatic rings. The molecule has 136 valence electrons. The van der Waals surface area contributed by atoms with Crippen molar-refractivity contribution in [2.75, 3.05) is 0 Å². The molecule has 0 aromatic heterocycles. The van der Waals surface area contributed by atoms with Gasteiger partial charge in [0.1, 0.15) is 17.8 Å². The fourth-order valence-electron chi connectivity index (χ4n) is 3.11. The molecule has 1 aliphatic heterocycles. The fourth-order valence-corrected chi connectivity index (χ4v) is 3.11. The lowest BCUT2D eigenvalue weighted by Crippen LogP contribution is -2.44. The highest BCUT2D eigenvalue weighted by Gasteiger charge is 2.48. The lowest BCUT2D eigenvalue weighted by molar-refractivity contribution is -0.155. The number of hydrogen-bond acceptors (Lipinski definition) is 6. The van der Waals surface area contributed by atoms with E-state index >= 15 is 0 Å². The summed E-state index contributed by atoms with van der Waals surface area (Å²) < 4.78 is 10.8. The van der Waals surface area contributed by atoms with Gasteiger partial charge in [0.05, 0.1) is 5.92 Å². The second-order valence-corrected chi connectivity index (χ2v) is 7.06. The van der Waals surface area contributed by atoms with Crippen molar-refractivity contribution in [2.45, 2.75) is 57.8 Å². The first-order valence-electron chi connectivity index (χ1n) is 8.22. The number of Topliss-reactive ketones (excluding diaryl/α,β-unsaturated/α-hetero) is 1. The SMILES string of the molecule is C=C(C)C(=O)O[C@@H]1C[C@@](C)(O)C(=O)CC/C(C)=C\[C@H]2OC(=O)C(=C)[C@@H]21. The number of carbonyl (C=O) groups is 3. The molecule has 0 radical (unpaired) electrons. The first kappa shape index (κ1) is 19.1. The van der Waals surface area contributed by atoms with Crippen LogP contribution in [0.4, 0.5) is 0 Å². The molecule has 0 aromatic rings. The smallest absolute Gasteiger partial charge is 0.334 e. The van der Waals surface area contributed by atoms with Crippen molar-refractivity contribution < 1.29 is 29.0 Å². The molecule has 1 aliphatic carbocycles. The summed E-state index contributed by atoms with van der Waals surface area (Å²) in [6.07, 6.45) is 0.645. The third-order valence-electron chi connectivity index (χ3n) is 4.66. The Bertz CT molecular complexity index is 669. The van der Waals surface area contributed by atoms with E-state index in [0.717, 1.165) is 5.57 Å². The average Bonchev–Trinajstić information content (AvgIpc) is 2.77. The number of carbonyl (C=O) groups excluding carboxylic acids is 3. The first-order valence-corrected chi connectivity index (χ1v) is 8.22. The number of hydrogen-bond donors (Lipinski definition) is 1. The van der Waals surface area contributed by atoms with Gasteiger partial charge in [0.2, 0.25) is 0 Å². The highest BCUT2D eigenvalue weighted by Crippen LogP contribution is 2.37. The van der Waals surface area contributed by atoms with Crippen LogP contribution in [0.25, 0.3) is 0 Å². The van der Waals surface area contributed by atoms with Gasteiger partial charge in [-0.15, -0.1) is 0 Å². The second kappa shape index (κ2) is 6.96. The van der Waals surface area contributed by atoms with Crippen LogP contribution in [0.5, 0.6) is 0 Å². The van der Waals surface area contributed by atoms with E-state index in [2.05, 4.69) is 13.2 Å². The Labute approximate surface area is 147 Å². The van der Waals surface area contributed by atoms with Gasteiger partial charge < -0.3 is 14.6 Å². The summed E-state index contributed by atoms with van der Waals surface area (Å²) in [6.45, 7) is 12.0. The van der Waals surface area contributed by atoms with Crippen LogP contribution in [0.1, 0.15) is 40.0 Å². The second-order valence-electron chi connectivity index (χ2n) is 7.06. The minimum atomic E-state index is -1.69. The van der Waals surface area contributed by atoms with E-state index in [4.69, 9.17) is 9.47 Å². The van der Waals surface area contributed by atoms with E-state index in [1.54, 1.807) is 6.08 Å². The van der Waals surface area contributed by atoms with Crippen molar-refractivity contribution >= 4 is 17.7 Å². The lowest BCUT2D eigenvalue weighted by atomic mass is 9.80. The largest absolute Gasteiger partial charge is 0.458 e. The molecule has 6 nitrogen and oxygen atoms in total. The van der Waals surface area contributed by atoms with Crippen molar-refractivity contribution in [3.8, 4) is 0 Å². The topological polar surface area (TPSA) is 89.9 Å². The van der Waals surface area contributed by atoms with Crippen LogP contribution in [0, 0.1) is 5.92 Å². The third-order valence-corrected chi connectivity index (χ3v) is 4.66. The molecule has 0 aromatic carbocycles. The normalized spacial score (nSPS) is 35.3. The molecule has 1 N–H and O–H groups in total. The van der Waals surface area contributed by atoms with Gasteiger partial charge in [-0.3, -0.25) is 4.79 Å². The van der Waals surface area contributed by atoms with E-state index in [9.17, 15) is 19.5 Å². The number of esters is 2. The molecular weight excluding hydrogens is 324 g/mol. The van der Waals surface area contributed by atoms with Gasteiger partial charge in [0.25, 0.3) is 0 Å². The molecule has 1 heterocycles. The van der Waals surface area contributed by atoms with Gasteiger partial charge >= 0.3 is 11.9 Å². The monoisotopic (exact) mass is 348 g/mol. The Morgan fingerprint density at radius 1 is 1.40 bits per heavy atom. The summed E-state index contributed by atoms with van der Waals surface area (Å²) >= 11 is 0. The number of ketones is 1. The van der Waals surface area contributed by atoms with Crippen molar-refractivity contribution in [3.05, 3.63) is 36.0 Å². The van der Waals surface area contributed by atoms with Gasteiger partial charge in [-0.05, 0) is 33.3 Å². The quantitative estimate of drug-likeness (QED) is 0.466. The predicted molar refractivity (Wildman–Crippen MR) is 90.4 cm³/mol. The number of rotatable bonds is 2. The molecule has 0 saturated carbocycles. The van der Waals surface area contributed by atoms with Crippen LogP contribution >= 0.6 is 0 Å². The molecule has 25 heavy (non-hydrogen) atoms. The third kappa shape index (κ3) is 4.07. The zero-order valence-corrected chi connectivity index (χ0v) is 14.8. The number of fused-ring (bicyclic) bond motifs is 1. The fraction of sp³-hybridized carbons (Fsp3) is 0.526. The zero-order chi connectivity index (χ0) is 18.9. The number of allylic oxidation sites excluding steroid dienone is 1. The van der Waals surface area contributed by atoms with Gasteiger partial charge in [-0.25, -0.2) is 9.59 Å². The molecule has 4 atom stereocenters. The maximum Gasteiger partial charge on any atom is 0.334 e. The molecule has 6 heteroatoms. The Balaban J connectivity index is 2.47. The van der Waals surface area contributed by atoms with E-state index in [1.807, 2.05) is 6.92 Å². The number of ether oxygens (including phenoxy) is 2. The van der Waals surface area contributed by atoms with Crippen LogP contribution in [0.15, 0.2) is 36.0 Å². The van der Waals surface area contributed by atoms with E-state index in [-0.39, 0.29) is 29.8 Å². The highest BCUT2D eigenvalue weighted by atomic mass is 16.6. The maximum absolute atomic E-state index is 12.3. The molecule has 0 unspecified atom stereocenters. The summed E-state index contributed by atoms with van der Waals surface area (Å²) in [7, 11) is 0. The highest BCUT2D eigenvalue weighted by molar-refractivity contribution is 5.92. The van der Waals surface area contributed by atoms with E-state index in [1.165, 1.54) is 13.8 Å². The molecule has 0 amide bonds. The van der Waals surface area contributed by atoms with Crippen LogP contribution in [-0.4, -0.2) is 40.6 Å². The van der Waals surface area contributed by atoms with Crippen LogP contribution < -0.4 is 0 Å². The molecule has 1 fully saturated rings. The minimum Gasteiger partial charge on any atom is -0.458 e. The van der Waals surface area contributed by atoms with Crippen LogP contribution in [0.2, 0.25) is 0 Å². The summed E-state index contributed by atoms with van der Waals surface area (Å²) in [4.78, 5) is 36.4. The van der Waals surface area contributed by atoms with Gasteiger partial charge in [0, 0.05) is 24.0 Å². The van der Waals surface area contributed by atoms with Crippen LogP contribution in [0.3, 0.4) is 0 Å². The summed E-state index contributed by atoms with van der Waals surface area (Å²) in [6, 6.07) is 0. The van der Waals surface area contributed by atoms with Gasteiger partial charge in [-0.1, -0.05) is 18.7 Å². The maximum atomic E-state index is 12.3. The molecule has 2 rings (SSSR count). The van der Waals surface area contributed by atoms with Crippen molar-refractivity contribution in [1.29, 1.82) is 0 Å². The Morgan fingerprint density at radius 3 is 2.64 bits per heavy atom. The first-order chi connectivity index (χ1) is 11.5. The van der Waals surface area contributed by atoms with Crippen molar-refractivity contribution in [2.24, 2.45) is 5.92 Å². The predicted octanol–water partition coefficient (Wildman–Crippen LogP) is 2.02. The molecule has 0 spiro atoms. The van der Waals surface area contributed by atoms with Gasteiger partial charge in [0.15, 0.2) is 5.78 Å². The van der Waals surface area contributed by atoms with E-state index < -0.39 is 35.7 Å². The average molecular weight is 348 g/mol. The van der Waals surface area contributed by atoms with Gasteiger partial charge in [-0.2, -0.15) is 0 Å². The Kier molecular flexibility index (Phi) is 5.32. The zero-order valence-electron chi connectivity index (χ0n) is 14.8. The summed E-state index contributed by atoms with van der Waals surface area (Å²) in [5.41, 5.74) is -0.484. The Morgan fingerprint density at radius 2 is 2.04 bits per heavy atom. The molecule has 0 bridgehead atoms. The summed E-state index contributed by atoms with van der Waals surface area (Å²) in [5, 5.41) is 10.6. The van der Waals surface area contributed by atoms with Crippen molar-refractivity contribution in [3.63, 3.8) is 0 Å². The summed E-state index contributed by atoms with van der Waals surface area (Å²) in [5.74, 6) is -2.23. The lowest BCUT2D eigenvalue weighted by Gasteiger charge is -2.32. The Hall–Kier alpha value is -2.21. The molecule has 1 saturated heterocycles. The van der Waals surface area contributed by atoms with Crippen molar-refractivity contribution in [1.82, 2.24) is 0 Å². The van der Waals surface area contributed by atoms with Crippen LogP contribution in [-0.2, 0) is 23.9 Å². The minimum absolute atomic E-state index is 0.144. The van der Waals surface area contributed by atoms with E-state index in [0.29, 0.717) is 6.42 Å². The molecular formula is C19H24O6. The number of aliphatic hydroxyl groups is 1.